The molecule has 22 heavy (non-hydrogen) atoms. The third-order valence-corrected chi connectivity index (χ3v) is 3.66. The normalized spacial score (nSPS) is 20.5. The maximum atomic E-state index is 11.7. The lowest BCUT2D eigenvalue weighted by atomic mass is 9.87. The van der Waals surface area contributed by atoms with Crippen LogP contribution >= 0.6 is 0 Å². The van der Waals surface area contributed by atoms with Crippen LogP contribution in [0.1, 0.15) is 32.3 Å². The summed E-state index contributed by atoms with van der Waals surface area (Å²) in [5.41, 5.74) is 0.996. The molecule has 0 radical (unpaired) electrons. The summed E-state index contributed by atoms with van der Waals surface area (Å²) in [6.45, 7) is 5.96. The molecule has 0 aliphatic heterocycles. The van der Waals surface area contributed by atoms with Gasteiger partial charge in [0.1, 0.15) is 6.61 Å². The lowest BCUT2D eigenvalue weighted by molar-refractivity contribution is 0.0754. The van der Waals surface area contributed by atoms with E-state index in [9.17, 15) is 4.79 Å². The summed E-state index contributed by atoms with van der Waals surface area (Å²) in [5.74, 6) is 0. The predicted octanol–water partition coefficient (Wildman–Crippen LogP) is 2.46. The van der Waals surface area contributed by atoms with Crippen LogP contribution in [0.25, 0.3) is 0 Å². The Morgan fingerprint density at radius 2 is 1.95 bits per heavy atom. The summed E-state index contributed by atoms with van der Waals surface area (Å²) >= 11 is 0. The summed E-state index contributed by atoms with van der Waals surface area (Å²) in [4.78, 5) is 11.7. The Morgan fingerprint density at radius 1 is 1.23 bits per heavy atom. The molecule has 2 rings (SSSR count). The SMILES string of the molecule is CC(C)OCCNC1CC(NC(=O)OCc2ccccc2)C1. The van der Waals surface area contributed by atoms with Gasteiger partial charge in [0, 0.05) is 18.6 Å². The minimum atomic E-state index is -0.338. The molecular weight excluding hydrogens is 280 g/mol. The fourth-order valence-corrected chi connectivity index (χ4v) is 2.39. The monoisotopic (exact) mass is 306 g/mol. The van der Waals surface area contributed by atoms with Crippen LogP contribution in [0.3, 0.4) is 0 Å². The van der Waals surface area contributed by atoms with Crippen LogP contribution in [0.4, 0.5) is 4.79 Å². The zero-order valence-electron chi connectivity index (χ0n) is 13.4. The molecule has 0 aromatic heterocycles. The first-order valence-corrected chi connectivity index (χ1v) is 7.95. The Kier molecular flexibility index (Phi) is 6.68. The first-order valence-electron chi connectivity index (χ1n) is 7.95. The molecule has 0 spiro atoms. The zero-order valence-corrected chi connectivity index (χ0v) is 13.4. The van der Waals surface area contributed by atoms with E-state index in [1.165, 1.54) is 0 Å². The van der Waals surface area contributed by atoms with Crippen molar-refractivity contribution in [3.8, 4) is 0 Å². The lowest BCUT2D eigenvalue weighted by Gasteiger charge is -2.36. The predicted molar refractivity (Wildman–Crippen MR) is 85.7 cm³/mol. The summed E-state index contributed by atoms with van der Waals surface area (Å²) < 4.78 is 10.7. The Bertz CT molecular complexity index is 444. The summed E-state index contributed by atoms with van der Waals surface area (Å²) in [5, 5.41) is 6.31. The van der Waals surface area contributed by atoms with Gasteiger partial charge in [-0.1, -0.05) is 30.3 Å². The van der Waals surface area contributed by atoms with E-state index >= 15 is 0 Å². The molecule has 1 amide bonds. The van der Waals surface area contributed by atoms with Crippen LogP contribution in [-0.2, 0) is 16.1 Å². The van der Waals surface area contributed by atoms with Crippen LogP contribution < -0.4 is 10.6 Å². The van der Waals surface area contributed by atoms with Crippen LogP contribution in [0.5, 0.6) is 0 Å². The van der Waals surface area contributed by atoms with Crippen molar-refractivity contribution >= 4 is 6.09 Å². The number of carbonyl (C=O) groups is 1. The highest BCUT2D eigenvalue weighted by Gasteiger charge is 2.30. The van der Waals surface area contributed by atoms with Crippen LogP contribution in [0, 0.1) is 0 Å². The fourth-order valence-electron chi connectivity index (χ4n) is 2.39. The number of hydrogen-bond acceptors (Lipinski definition) is 4. The van der Waals surface area contributed by atoms with E-state index in [0.29, 0.717) is 12.6 Å². The zero-order chi connectivity index (χ0) is 15.8. The van der Waals surface area contributed by atoms with Crippen molar-refractivity contribution in [2.75, 3.05) is 13.2 Å². The van der Waals surface area contributed by atoms with E-state index < -0.39 is 0 Å². The van der Waals surface area contributed by atoms with Gasteiger partial charge in [-0.15, -0.1) is 0 Å². The van der Waals surface area contributed by atoms with E-state index in [1.807, 2.05) is 44.2 Å². The number of amides is 1. The summed E-state index contributed by atoms with van der Waals surface area (Å²) in [7, 11) is 0. The van der Waals surface area contributed by atoms with Crippen LogP contribution in [0.15, 0.2) is 30.3 Å². The van der Waals surface area contributed by atoms with Gasteiger partial charge in [0.15, 0.2) is 0 Å². The minimum Gasteiger partial charge on any atom is -0.445 e. The smallest absolute Gasteiger partial charge is 0.407 e. The largest absolute Gasteiger partial charge is 0.445 e. The summed E-state index contributed by atoms with van der Waals surface area (Å²) in [6, 6.07) is 10.4. The highest BCUT2D eigenvalue weighted by atomic mass is 16.5. The Labute approximate surface area is 132 Å². The second-order valence-corrected chi connectivity index (χ2v) is 5.94. The Hall–Kier alpha value is -1.59. The highest BCUT2D eigenvalue weighted by molar-refractivity contribution is 5.67. The van der Waals surface area contributed by atoms with Gasteiger partial charge in [-0.05, 0) is 32.3 Å². The molecule has 1 aliphatic rings. The number of carbonyl (C=O) groups excluding carboxylic acids is 1. The molecule has 5 heteroatoms. The lowest BCUT2D eigenvalue weighted by Crippen LogP contribution is -2.53. The van der Waals surface area contributed by atoms with Crippen LogP contribution in [0.2, 0.25) is 0 Å². The van der Waals surface area contributed by atoms with Crippen molar-refractivity contribution in [1.29, 1.82) is 0 Å². The number of benzene rings is 1. The standard InChI is InChI=1S/C17H26N2O3/c1-13(2)21-9-8-18-15-10-16(11-15)19-17(20)22-12-14-6-4-3-5-7-14/h3-7,13,15-16,18H,8-12H2,1-2H3,(H,19,20). The molecule has 0 unspecified atom stereocenters. The third kappa shape index (κ3) is 6.03. The van der Waals surface area contributed by atoms with E-state index in [4.69, 9.17) is 9.47 Å². The molecule has 0 atom stereocenters. The van der Waals surface area contributed by atoms with Gasteiger partial charge in [0.2, 0.25) is 0 Å². The van der Waals surface area contributed by atoms with Gasteiger partial charge < -0.3 is 20.1 Å². The third-order valence-electron chi connectivity index (χ3n) is 3.66. The number of hydrogen-bond donors (Lipinski definition) is 2. The second kappa shape index (κ2) is 8.76. The average Bonchev–Trinajstić information content (AvgIpc) is 2.47. The van der Waals surface area contributed by atoms with Gasteiger partial charge in [-0.25, -0.2) is 4.79 Å². The van der Waals surface area contributed by atoms with E-state index in [0.717, 1.165) is 31.6 Å². The van der Waals surface area contributed by atoms with Crippen molar-refractivity contribution in [3.63, 3.8) is 0 Å². The molecular formula is C17H26N2O3. The Morgan fingerprint density at radius 3 is 2.64 bits per heavy atom. The topological polar surface area (TPSA) is 59.6 Å². The average molecular weight is 306 g/mol. The number of ether oxygens (including phenoxy) is 2. The maximum Gasteiger partial charge on any atom is 0.407 e. The number of rotatable bonds is 8. The molecule has 5 nitrogen and oxygen atoms in total. The molecule has 1 fully saturated rings. The van der Waals surface area contributed by atoms with E-state index in [1.54, 1.807) is 0 Å². The summed E-state index contributed by atoms with van der Waals surface area (Å²) in [6.07, 6.45) is 1.83. The quantitative estimate of drug-likeness (QED) is 0.724. The van der Waals surface area contributed by atoms with Crippen molar-refractivity contribution in [2.24, 2.45) is 0 Å². The second-order valence-electron chi connectivity index (χ2n) is 5.94. The van der Waals surface area contributed by atoms with Gasteiger partial charge >= 0.3 is 6.09 Å². The van der Waals surface area contributed by atoms with Crippen molar-refractivity contribution in [2.45, 2.75) is 51.5 Å². The molecule has 1 aromatic rings. The number of nitrogens with one attached hydrogen (secondary N) is 2. The van der Waals surface area contributed by atoms with Gasteiger partial charge in [0.25, 0.3) is 0 Å². The molecule has 0 heterocycles. The first kappa shape index (κ1) is 16.8. The van der Waals surface area contributed by atoms with Crippen molar-refractivity contribution in [3.05, 3.63) is 35.9 Å². The molecule has 122 valence electrons. The minimum absolute atomic E-state index is 0.215. The maximum absolute atomic E-state index is 11.7. The molecule has 0 bridgehead atoms. The van der Waals surface area contributed by atoms with Crippen molar-refractivity contribution < 1.29 is 14.3 Å². The number of alkyl carbamates (subject to hydrolysis) is 1. The van der Waals surface area contributed by atoms with Crippen LogP contribution in [-0.4, -0.2) is 37.4 Å². The molecule has 1 saturated carbocycles. The first-order chi connectivity index (χ1) is 10.6. The Balaban J connectivity index is 1.51. The highest BCUT2D eigenvalue weighted by Crippen LogP contribution is 2.19. The van der Waals surface area contributed by atoms with E-state index in [2.05, 4.69) is 10.6 Å². The molecule has 0 saturated heterocycles. The van der Waals surface area contributed by atoms with Gasteiger partial charge in [-0.3, -0.25) is 0 Å². The molecule has 1 aromatic carbocycles. The van der Waals surface area contributed by atoms with Crippen molar-refractivity contribution in [1.82, 2.24) is 10.6 Å². The van der Waals surface area contributed by atoms with Gasteiger partial charge in [-0.2, -0.15) is 0 Å². The fraction of sp³-hybridized carbons (Fsp3) is 0.588. The van der Waals surface area contributed by atoms with Gasteiger partial charge in [0.05, 0.1) is 12.7 Å². The molecule has 2 N–H and O–H groups in total. The molecule has 1 aliphatic carbocycles. The van der Waals surface area contributed by atoms with E-state index in [-0.39, 0.29) is 18.2 Å².